The standard InChI is InChI=1S/C20H24N2O7S/c23-19(21-25)20(24,14-22-10-12-28-13-11-22)15-30(26,27)18-8-6-17(7-9-18)29-16-4-2-1-3-5-16/h1-9,24-25H,10-15H2,(H,21,23). The first-order valence-corrected chi connectivity index (χ1v) is 11.0. The Hall–Kier alpha value is -2.50. The predicted octanol–water partition coefficient (Wildman–Crippen LogP) is 0.821. The lowest BCUT2D eigenvalue weighted by atomic mass is 10.1. The van der Waals surface area contributed by atoms with E-state index in [-0.39, 0.29) is 11.4 Å². The van der Waals surface area contributed by atoms with Crippen LogP contribution in [0.15, 0.2) is 59.5 Å². The van der Waals surface area contributed by atoms with Crippen molar-refractivity contribution in [1.82, 2.24) is 10.4 Å². The minimum Gasteiger partial charge on any atom is -0.457 e. The van der Waals surface area contributed by atoms with E-state index in [1.165, 1.54) is 29.7 Å². The minimum absolute atomic E-state index is 0.0750. The van der Waals surface area contributed by atoms with E-state index in [2.05, 4.69) is 0 Å². The van der Waals surface area contributed by atoms with Gasteiger partial charge in [-0.1, -0.05) is 18.2 Å². The highest BCUT2D eigenvalue weighted by atomic mass is 32.2. The number of rotatable bonds is 8. The third-order valence-corrected chi connectivity index (χ3v) is 6.55. The lowest BCUT2D eigenvalue weighted by Gasteiger charge is -2.34. The highest BCUT2D eigenvalue weighted by Gasteiger charge is 2.43. The van der Waals surface area contributed by atoms with Gasteiger partial charge in [0, 0.05) is 19.6 Å². The van der Waals surface area contributed by atoms with Crippen molar-refractivity contribution >= 4 is 15.7 Å². The molecule has 1 heterocycles. The molecule has 0 spiro atoms. The summed E-state index contributed by atoms with van der Waals surface area (Å²) in [5.41, 5.74) is -0.955. The van der Waals surface area contributed by atoms with Crippen LogP contribution < -0.4 is 10.2 Å². The van der Waals surface area contributed by atoms with Crippen LogP contribution in [0.3, 0.4) is 0 Å². The molecule has 0 aliphatic carbocycles. The van der Waals surface area contributed by atoms with Crippen LogP contribution in [0.1, 0.15) is 0 Å². The number of carbonyl (C=O) groups excluding carboxylic acids is 1. The Bertz CT molecular complexity index is 945. The van der Waals surface area contributed by atoms with Gasteiger partial charge in [-0.2, -0.15) is 0 Å². The summed E-state index contributed by atoms with van der Waals surface area (Å²) in [6.07, 6.45) is 0. The van der Waals surface area contributed by atoms with E-state index < -0.39 is 27.1 Å². The number of aliphatic hydroxyl groups is 1. The monoisotopic (exact) mass is 436 g/mol. The average molecular weight is 436 g/mol. The molecule has 30 heavy (non-hydrogen) atoms. The third kappa shape index (κ3) is 5.55. The van der Waals surface area contributed by atoms with Gasteiger partial charge in [-0.25, -0.2) is 13.9 Å². The Labute approximate surface area is 174 Å². The smallest absolute Gasteiger partial charge is 0.277 e. The zero-order chi connectivity index (χ0) is 21.6. The highest BCUT2D eigenvalue weighted by Crippen LogP contribution is 2.25. The number of hydroxylamine groups is 1. The van der Waals surface area contributed by atoms with E-state index in [4.69, 9.17) is 14.7 Å². The maximum atomic E-state index is 12.9. The lowest BCUT2D eigenvalue weighted by molar-refractivity contribution is -0.149. The van der Waals surface area contributed by atoms with E-state index in [0.717, 1.165) is 0 Å². The van der Waals surface area contributed by atoms with Crippen LogP contribution in [0.2, 0.25) is 0 Å². The van der Waals surface area contributed by atoms with E-state index in [0.29, 0.717) is 37.8 Å². The largest absolute Gasteiger partial charge is 0.457 e. The molecule has 1 amide bonds. The number of β-amino-alcohol motifs (C(OH)–C–C–N with tert-alkyl or cyclic N) is 1. The molecule has 3 N–H and O–H groups in total. The topological polar surface area (TPSA) is 125 Å². The second-order valence-corrected chi connectivity index (χ2v) is 9.00. The molecular formula is C20H24N2O7S. The normalized spacial score (nSPS) is 17.1. The zero-order valence-electron chi connectivity index (χ0n) is 16.2. The second-order valence-electron chi connectivity index (χ2n) is 7.01. The highest BCUT2D eigenvalue weighted by molar-refractivity contribution is 7.91. The van der Waals surface area contributed by atoms with Gasteiger partial charge in [0.15, 0.2) is 15.4 Å². The van der Waals surface area contributed by atoms with Crippen molar-refractivity contribution in [2.75, 3.05) is 38.6 Å². The van der Waals surface area contributed by atoms with Gasteiger partial charge in [0.2, 0.25) is 0 Å². The number of sulfone groups is 1. The fourth-order valence-electron chi connectivity index (χ4n) is 3.15. The van der Waals surface area contributed by atoms with Gasteiger partial charge < -0.3 is 14.6 Å². The number of morpholine rings is 1. The van der Waals surface area contributed by atoms with Gasteiger partial charge in [-0.05, 0) is 36.4 Å². The number of benzene rings is 2. The van der Waals surface area contributed by atoms with Gasteiger partial charge in [0.1, 0.15) is 11.5 Å². The molecule has 0 saturated carbocycles. The van der Waals surface area contributed by atoms with Crippen LogP contribution in [-0.4, -0.2) is 73.7 Å². The molecule has 0 aromatic heterocycles. The molecule has 9 nitrogen and oxygen atoms in total. The number of hydrogen-bond donors (Lipinski definition) is 3. The summed E-state index contributed by atoms with van der Waals surface area (Å²) in [6.45, 7) is 1.44. The number of nitrogens with zero attached hydrogens (tertiary/aromatic N) is 1. The van der Waals surface area contributed by atoms with E-state index in [1.54, 1.807) is 17.0 Å². The fourth-order valence-corrected chi connectivity index (χ4v) is 4.72. The van der Waals surface area contributed by atoms with Crippen LogP contribution in [0, 0.1) is 0 Å². The molecule has 162 valence electrons. The molecule has 1 aliphatic heterocycles. The van der Waals surface area contributed by atoms with Gasteiger partial charge in [-0.15, -0.1) is 0 Å². The number of carbonyl (C=O) groups is 1. The number of para-hydroxylation sites is 1. The average Bonchev–Trinajstić information content (AvgIpc) is 2.74. The predicted molar refractivity (Wildman–Crippen MR) is 107 cm³/mol. The van der Waals surface area contributed by atoms with Gasteiger partial charge >= 0.3 is 0 Å². The lowest BCUT2D eigenvalue weighted by Crippen LogP contribution is -2.58. The molecule has 1 unspecified atom stereocenters. The van der Waals surface area contributed by atoms with E-state index in [1.807, 2.05) is 18.2 Å². The Balaban J connectivity index is 1.75. The van der Waals surface area contributed by atoms with Crippen molar-refractivity contribution < 1.29 is 33.0 Å². The molecule has 0 bridgehead atoms. The molecule has 1 aliphatic rings. The van der Waals surface area contributed by atoms with E-state index in [9.17, 15) is 18.3 Å². The summed E-state index contributed by atoms with van der Waals surface area (Å²) in [7, 11) is -4.05. The zero-order valence-corrected chi connectivity index (χ0v) is 17.0. The van der Waals surface area contributed by atoms with Gasteiger partial charge in [0.25, 0.3) is 5.91 Å². The maximum Gasteiger partial charge on any atom is 0.277 e. The second kappa shape index (κ2) is 9.54. The summed E-state index contributed by atoms with van der Waals surface area (Å²) in [6, 6.07) is 14.7. The van der Waals surface area contributed by atoms with Crippen molar-refractivity contribution in [3.63, 3.8) is 0 Å². The van der Waals surface area contributed by atoms with Crippen molar-refractivity contribution in [1.29, 1.82) is 0 Å². The molecular weight excluding hydrogens is 412 g/mol. The van der Waals surface area contributed by atoms with E-state index >= 15 is 0 Å². The Morgan fingerprint density at radius 3 is 2.27 bits per heavy atom. The fraction of sp³-hybridized carbons (Fsp3) is 0.350. The Morgan fingerprint density at radius 2 is 1.67 bits per heavy atom. The Kier molecular flexibility index (Phi) is 7.06. The molecule has 1 fully saturated rings. The van der Waals surface area contributed by atoms with Crippen LogP contribution >= 0.6 is 0 Å². The molecule has 1 atom stereocenters. The van der Waals surface area contributed by atoms with Gasteiger partial charge in [-0.3, -0.25) is 14.9 Å². The summed E-state index contributed by atoms with van der Waals surface area (Å²) in [5.74, 6) is -1.02. The van der Waals surface area contributed by atoms with Crippen molar-refractivity contribution in [3.8, 4) is 11.5 Å². The number of hydrogen-bond acceptors (Lipinski definition) is 8. The minimum atomic E-state index is -4.05. The maximum absolute atomic E-state index is 12.9. The Morgan fingerprint density at radius 1 is 1.07 bits per heavy atom. The van der Waals surface area contributed by atoms with Crippen LogP contribution in [-0.2, 0) is 19.4 Å². The summed E-state index contributed by atoms with van der Waals surface area (Å²) in [4.78, 5) is 13.8. The molecule has 2 aromatic rings. The molecule has 3 rings (SSSR count). The van der Waals surface area contributed by atoms with Gasteiger partial charge in [0.05, 0.1) is 23.9 Å². The first-order chi connectivity index (χ1) is 14.3. The SMILES string of the molecule is O=C(NO)C(O)(CN1CCOCC1)CS(=O)(=O)c1ccc(Oc2ccccc2)cc1. The molecule has 0 radical (unpaired) electrons. The number of ether oxygens (including phenoxy) is 2. The van der Waals surface area contributed by atoms with Crippen molar-refractivity contribution in [3.05, 3.63) is 54.6 Å². The quantitative estimate of drug-likeness (QED) is 0.410. The first-order valence-electron chi connectivity index (χ1n) is 9.35. The summed E-state index contributed by atoms with van der Waals surface area (Å²) >= 11 is 0. The number of nitrogens with one attached hydrogen (secondary N) is 1. The molecule has 10 heteroatoms. The van der Waals surface area contributed by atoms with Crippen molar-refractivity contribution in [2.45, 2.75) is 10.5 Å². The number of amides is 1. The van der Waals surface area contributed by atoms with Crippen molar-refractivity contribution in [2.24, 2.45) is 0 Å². The third-order valence-electron chi connectivity index (χ3n) is 4.70. The summed E-state index contributed by atoms with van der Waals surface area (Å²) in [5, 5.41) is 19.8. The summed E-state index contributed by atoms with van der Waals surface area (Å²) < 4.78 is 36.6. The first kappa shape index (κ1) is 22.2. The molecule has 2 aromatic carbocycles. The van der Waals surface area contributed by atoms with Crippen LogP contribution in [0.5, 0.6) is 11.5 Å². The van der Waals surface area contributed by atoms with Crippen LogP contribution in [0.4, 0.5) is 0 Å². The van der Waals surface area contributed by atoms with Crippen LogP contribution in [0.25, 0.3) is 0 Å². The molecule has 1 saturated heterocycles.